The van der Waals surface area contributed by atoms with Crippen LogP contribution in [-0.2, 0) is 25.7 Å². The van der Waals surface area contributed by atoms with Gasteiger partial charge in [0.1, 0.15) is 12.6 Å². The summed E-state index contributed by atoms with van der Waals surface area (Å²) in [4.78, 5) is 37.9. The molecule has 4 rings (SSSR count). The molecular formula is C33H38N2O6. The molecule has 3 atom stereocenters. The molecule has 0 radical (unpaired) electrons. The quantitative estimate of drug-likeness (QED) is 0.236. The summed E-state index contributed by atoms with van der Waals surface area (Å²) in [5, 5.41) is 14.9. The monoisotopic (exact) mass is 558 g/mol. The van der Waals surface area contributed by atoms with Crippen LogP contribution in [0.5, 0.6) is 0 Å². The first-order valence-corrected chi connectivity index (χ1v) is 14.2. The van der Waals surface area contributed by atoms with E-state index in [0.717, 1.165) is 40.7 Å². The lowest BCUT2D eigenvalue weighted by Crippen LogP contribution is -2.55. The van der Waals surface area contributed by atoms with Crippen molar-refractivity contribution in [1.29, 1.82) is 0 Å². The molecule has 0 aromatic heterocycles. The summed E-state index contributed by atoms with van der Waals surface area (Å²) < 4.78 is 11.7. The number of carboxylic acid groups (broad SMARTS) is 1. The van der Waals surface area contributed by atoms with E-state index in [1.165, 1.54) is 0 Å². The predicted octanol–water partition coefficient (Wildman–Crippen LogP) is 5.65. The summed E-state index contributed by atoms with van der Waals surface area (Å²) in [6.45, 7) is 4.05. The van der Waals surface area contributed by atoms with Crippen LogP contribution in [0.3, 0.4) is 0 Å². The van der Waals surface area contributed by atoms with E-state index < -0.39 is 36.2 Å². The molecule has 8 nitrogen and oxygen atoms in total. The fourth-order valence-corrected chi connectivity index (χ4v) is 5.24. The second-order valence-corrected chi connectivity index (χ2v) is 10.4. The molecular weight excluding hydrogens is 520 g/mol. The van der Waals surface area contributed by atoms with Gasteiger partial charge >= 0.3 is 12.1 Å². The fourth-order valence-electron chi connectivity index (χ4n) is 5.24. The molecule has 0 aliphatic heterocycles. The van der Waals surface area contributed by atoms with Gasteiger partial charge in [-0.2, -0.15) is 0 Å². The number of carboxylic acids is 1. The molecule has 0 saturated carbocycles. The van der Waals surface area contributed by atoms with Crippen LogP contribution in [0.2, 0.25) is 0 Å². The number of unbranched alkanes of at least 4 members (excludes halogenated alkanes) is 1. The third-order valence-corrected chi connectivity index (χ3v) is 7.40. The first kappa shape index (κ1) is 29.8. The zero-order chi connectivity index (χ0) is 29.2. The van der Waals surface area contributed by atoms with Crippen LogP contribution >= 0.6 is 0 Å². The Bertz CT molecular complexity index is 1280. The molecule has 41 heavy (non-hydrogen) atoms. The van der Waals surface area contributed by atoms with Crippen LogP contribution in [0, 0.1) is 0 Å². The minimum absolute atomic E-state index is 0.103. The molecule has 3 aromatic rings. The van der Waals surface area contributed by atoms with Crippen molar-refractivity contribution in [2.24, 2.45) is 0 Å². The molecule has 1 aliphatic rings. The molecule has 0 saturated heterocycles. The standard InChI is InChI=1S/C33H38N2O6/c1-3-4-14-24(19-30(36)37)34-32(38)31(22(2)40-20-23-12-6-5-7-13-23)35-33(39)41-21-29-27-17-10-8-15-25(27)26-16-9-11-18-28(26)29/h5-13,15-18,22,24,29,31H,3-4,14,19-21H2,1-2H3,(H,34,38)(H,35,39)(H,36,37)/t22-,24?,31+/m0/s1. The van der Waals surface area contributed by atoms with Crippen molar-refractivity contribution in [2.45, 2.75) is 70.2 Å². The Morgan fingerprint density at radius 3 is 2.10 bits per heavy atom. The number of fused-ring (bicyclic) bond motifs is 3. The summed E-state index contributed by atoms with van der Waals surface area (Å²) in [6.07, 6.45) is 0.485. The zero-order valence-corrected chi connectivity index (χ0v) is 23.5. The van der Waals surface area contributed by atoms with Crippen LogP contribution in [0.25, 0.3) is 11.1 Å². The Kier molecular flexibility index (Phi) is 10.5. The van der Waals surface area contributed by atoms with Gasteiger partial charge in [0.25, 0.3) is 0 Å². The van der Waals surface area contributed by atoms with E-state index in [1.807, 2.05) is 73.7 Å². The number of hydrogen-bond acceptors (Lipinski definition) is 5. The molecule has 2 amide bonds. The molecule has 0 bridgehead atoms. The van der Waals surface area contributed by atoms with Gasteiger partial charge in [-0.1, -0.05) is 98.6 Å². The number of ether oxygens (including phenoxy) is 2. The molecule has 1 aliphatic carbocycles. The average molecular weight is 559 g/mol. The molecule has 0 heterocycles. The molecule has 3 N–H and O–H groups in total. The fraction of sp³-hybridized carbons (Fsp3) is 0.364. The lowest BCUT2D eigenvalue weighted by atomic mass is 9.98. The van der Waals surface area contributed by atoms with E-state index in [4.69, 9.17) is 9.47 Å². The molecule has 3 aromatic carbocycles. The van der Waals surface area contributed by atoms with Crippen molar-refractivity contribution >= 4 is 18.0 Å². The Morgan fingerprint density at radius 1 is 0.878 bits per heavy atom. The second kappa shape index (κ2) is 14.5. The first-order chi connectivity index (χ1) is 19.9. The lowest BCUT2D eigenvalue weighted by Gasteiger charge is -2.27. The van der Waals surface area contributed by atoms with Crippen molar-refractivity contribution in [3.05, 3.63) is 95.6 Å². The summed E-state index contributed by atoms with van der Waals surface area (Å²) in [7, 11) is 0. The van der Waals surface area contributed by atoms with Crippen molar-refractivity contribution in [3.8, 4) is 11.1 Å². The number of rotatable bonds is 14. The number of benzene rings is 3. The Morgan fingerprint density at radius 2 is 1.49 bits per heavy atom. The van der Waals surface area contributed by atoms with E-state index in [-0.39, 0.29) is 25.6 Å². The van der Waals surface area contributed by atoms with Crippen LogP contribution < -0.4 is 10.6 Å². The Hall–Kier alpha value is -4.17. The molecule has 0 fully saturated rings. The normalized spacial score (nSPS) is 14.3. The average Bonchev–Trinajstić information content (AvgIpc) is 3.30. The minimum Gasteiger partial charge on any atom is -0.481 e. The van der Waals surface area contributed by atoms with Crippen molar-refractivity contribution < 1.29 is 29.0 Å². The maximum absolute atomic E-state index is 13.4. The highest BCUT2D eigenvalue weighted by molar-refractivity contribution is 5.87. The van der Waals surface area contributed by atoms with Gasteiger partial charge < -0.3 is 25.2 Å². The van der Waals surface area contributed by atoms with Gasteiger partial charge in [0, 0.05) is 12.0 Å². The number of nitrogens with one attached hydrogen (secondary N) is 2. The summed E-state index contributed by atoms with van der Waals surface area (Å²) >= 11 is 0. The van der Waals surface area contributed by atoms with Gasteiger partial charge in [0.2, 0.25) is 5.91 Å². The number of carbonyl (C=O) groups is 3. The zero-order valence-electron chi connectivity index (χ0n) is 23.5. The van der Waals surface area contributed by atoms with Crippen LogP contribution in [0.15, 0.2) is 78.9 Å². The SMILES string of the molecule is CCCCC(CC(=O)O)NC(=O)[C@H](NC(=O)OCC1c2ccccc2-c2ccccc21)[C@H](C)OCc1ccccc1. The molecule has 1 unspecified atom stereocenters. The third kappa shape index (κ3) is 7.95. The molecule has 216 valence electrons. The van der Waals surface area contributed by atoms with E-state index in [9.17, 15) is 19.5 Å². The number of aliphatic carboxylic acids is 1. The summed E-state index contributed by atoms with van der Waals surface area (Å²) in [5.74, 6) is -1.64. The predicted molar refractivity (Wildman–Crippen MR) is 156 cm³/mol. The van der Waals surface area contributed by atoms with E-state index in [2.05, 4.69) is 22.8 Å². The Balaban J connectivity index is 1.45. The van der Waals surface area contributed by atoms with Crippen molar-refractivity contribution in [1.82, 2.24) is 10.6 Å². The van der Waals surface area contributed by atoms with Gasteiger partial charge in [0.15, 0.2) is 0 Å². The summed E-state index contributed by atoms with van der Waals surface area (Å²) in [6, 6.07) is 24.0. The van der Waals surface area contributed by atoms with E-state index in [1.54, 1.807) is 6.92 Å². The van der Waals surface area contributed by atoms with Gasteiger partial charge in [-0.15, -0.1) is 0 Å². The minimum atomic E-state index is -1.09. The lowest BCUT2D eigenvalue weighted by molar-refractivity contribution is -0.138. The maximum Gasteiger partial charge on any atom is 0.407 e. The molecule has 0 spiro atoms. The number of amides is 2. The van der Waals surface area contributed by atoms with E-state index >= 15 is 0 Å². The highest BCUT2D eigenvalue weighted by Gasteiger charge is 2.32. The van der Waals surface area contributed by atoms with Crippen molar-refractivity contribution in [3.63, 3.8) is 0 Å². The van der Waals surface area contributed by atoms with Gasteiger partial charge in [-0.25, -0.2) is 4.79 Å². The second-order valence-electron chi connectivity index (χ2n) is 10.4. The topological polar surface area (TPSA) is 114 Å². The molecule has 8 heteroatoms. The maximum atomic E-state index is 13.4. The van der Waals surface area contributed by atoms with E-state index in [0.29, 0.717) is 6.42 Å². The van der Waals surface area contributed by atoms with Gasteiger partial charge in [0.05, 0.1) is 19.1 Å². The van der Waals surface area contributed by atoms with Gasteiger partial charge in [-0.3, -0.25) is 9.59 Å². The first-order valence-electron chi connectivity index (χ1n) is 14.2. The van der Waals surface area contributed by atoms with Crippen LogP contribution in [0.4, 0.5) is 4.79 Å². The smallest absolute Gasteiger partial charge is 0.407 e. The summed E-state index contributed by atoms with van der Waals surface area (Å²) in [5.41, 5.74) is 5.33. The number of alkyl carbamates (subject to hydrolysis) is 1. The third-order valence-electron chi connectivity index (χ3n) is 7.40. The van der Waals surface area contributed by atoms with Crippen molar-refractivity contribution in [2.75, 3.05) is 6.61 Å². The van der Waals surface area contributed by atoms with Gasteiger partial charge in [-0.05, 0) is 41.2 Å². The largest absolute Gasteiger partial charge is 0.481 e. The Labute approximate surface area is 241 Å². The van der Waals surface area contributed by atoms with Crippen LogP contribution in [0.1, 0.15) is 62.1 Å². The number of hydrogen-bond donors (Lipinski definition) is 3. The highest BCUT2D eigenvalue weighted by atomic mass is 16.5. The van der Waals surface area contributed by atoms with Crippen LogP contribution in [-0.4, -0.2) is 47.9 Å². The highest BCUT2D eigenvalue weighted by Crippen LogP contribution is 2.44. The number of carbonyl (C=O) groups excluding carboxylic acids is 2.